The number of nitrogens with one attached hydrogen (secondary N) is 1. The Morgan fingerprint density at radius 1 is 1.46 bits per heavy atom. The van der Waals surface area contributed by atoms with E-state index in [4.69, 9.17) is 10.3 Å². The highest BCUT2D eigenvalue weighted by Crippen LogP contribution is 2.10. The Kier molecular flexibility index (Phi) is 3.88. The van der Waals surface area contributed by atoms with Crippen LogP contribution in [-0.2, 0) is 17.7 Å². The van der Waals surface area contributed by atoms with Gasteiger partial charge in [0.25, 0.3) is 0 Å². The van der Waals surface area contributed by atoms with Gasteiger partial charge in [0.2, 0.25) is 11.3 Å². The van der Waals surface area contributed by atoms with Gasteiger partial charge in [-0.1, -0.05) is 18.2 Å². The predicted molar refractivity (Wildman–Crippen MR) is 53.3 cm³/mol. The molecule has 0 amide bonds. The van der Waals surface area contributed by atoms with Crippen LogP contribution in [0.15, 0.2) is 24.3 Å². The molecule has 0 heterocycles. The standard InChI is InChI=1S/C8H12N2O2S/c9-8-4-2-1-3-7(8)5-6-10-13(11)12/h1-4,10H,5-6,9H2,(H,11,12). The van der Waals surface area contributed by atoms with Gasteiger partial charge in [-0.05, 0) is 18.1 Å². The number of para-hydroxylation sites is 1. The first-order valence-electron chi connectivity index (χ1n) is 3.88. The molecule has 0 bridgehead atoms. The lowest BCUT2D eigenvalue weighted by Crippen LogP contribution is -2.19. The third-order valence-corrected chi connectivity index (χ3v) is 2.13. The number of nitrogens with two attached hydrogens (primary N) is 1. The maximum atomic E-state index is 10.2. The van der Waals surface area contributed by atoms with Gasteiger partial charge in [0.1, 0.15) is 0 Å². The summed E-state index contributed by atoms with van der Waals surface area (Å²) in [5, 5.41) is 0. The van der Waals surface area contributed by atoms with Gasteiger partial charge in [0.05, 0.1) is 0 Å². The van der Waals surface area contributed by atoms with Gasteiger partial charge in [0.15, 0.2) is 0 Å². The van der Waals surface area contributed by atoms with Crippen molar-refractivity contribution >= 4 is 17.0 Å². The van der Waals surface area contributed by atoms with Crippen molar-refractivity contribution in [2.45, 2.75) is 6.42 Å². The van der Waals surface area contributed by atoms with E-state index < -0.39 is 11.3 Å². The predicted octanol–water partition coefficient (Wildman–Crippen LogP) is 0.538. The van der Waals surface area contributed by atoms with Crippen LogP contribution in [0.4, 0.5) is 5.69 Å². The second-order valence-corrected chi connectivity index (χ2v) is 3.38. The summed E-state index contributed by atoms with van der Waals surface area (Å²) in [6.45, 7) is 0.442. The Morgan fingerprint density at radius 2 is 2.15 bits per heavy atom. The summed E-state index contributed by atoms with van der Waals surface area (Å²) in [6, 6.07) is 7.46. The molecular formula is C8H12N2O2S. The van der Waals surface area contributed by atoms with Crippen LogP contribution in [0, 0.1) is 0 Å². The molecule has 1 aromatic rings. The number of rotatable bonds is 4. The molecule has 5 heteroatoms. The van der Waals surface area contributed by atoms with Gasteiger partial charge in [0, 0.05) is 12.2 Å². The second kappa shape index (κ2) is 4.96. The number of hydrogen-bond donors (Lipinski definition) is 3. The molecule has 4 nitrogen and oxygen atoms in total. The van der Waals surface area contributed by atoms with Gasteiger partial charge in [-0.2, -0.15) is 0 Å². The fourth-order valence-corrected chi connectivity index (χ4v) is 1.31. The van der Waals surface area contributed by atoms with Crippen LogP contribution in [0.1, 0.15) is 5.56 Å². The highest BCUT2D eigenvalue weighted by atomic mass is 32.2. The minimum Gasteiger partial charge on any atom is -0.399 e. The lowest BCUT2D eigenvalue weighted by Gasteiger charge is -2.03. The Bertz CT molecular complexity index is 304. The first-order valence-corrected chi connectivity index (χ1v) is 4.98. The molecule has 1 atom stereocenters. The minimum atomic E-state index is -1.94. The number of anilines is 1. The highest BCUT2D eigenvalue weighted by molar-refractivity contribution is 7.77. The summed E-state index contributed by atoms with van der Waals surface area (Å²) in [5.74, 6) is 0. The van der Waals surface area contributed by atoms with Crippen molar-refractivity contribution < 1.29 is 8.76 Å². The molecule has 0 aliphatic heterocycles. The van der Waals surface area contributed by atoms with Gasteiger partial charge < -0.3 is 5.73 Å². The average molecular weight is 200 g/mol. The van der Waals surface area contributed by atoms with Crippen molar-refractivity contribution in [3.05, 3.63) is 29.8 Å². The van der Waals surface area contributed by atoms with Crippen molar-refractivity contribution in [1.29, 1.82) is 0 Å². The van der Waals surface area contributed by atoms with E-state index in [1.807, 2.05) is 24.3 Å². The van der Waals surface area contributed by atoms with Gasteiger partial charge in [-0.15, -0.1) is 0 Å². The van der Waals surface area contributed by atoms with Crippen molar-refractivity contribution in [3.63, 3.8) is 0 Å². The molecule has 13 heavy (non-hydrogen) atoms. The van der Waals surface area contributed by atoms with E-state index in [1.165, 1.54) is 0 Å². The Balaban J connectivity index is 2.45. The van der Waals surface area contributed by atoms with E-state index in [9.17, 15) is 4.21 Å². The Hall–Kier alpha value is -0.910. The molecule has 0 spiro atoms. The summed E-state index contributed by atoms with van der Waals surface area (Å²) < 4.78 is 21.1. The first-order chi connectivity index (χ1) is 6.20. The average Bonchev–Trinajstić information content (AvgIpc) is 2.08. The topological polar surface area (TPSA) is 75.3 Å². The smallest absolute Gasteiger partial charge is 0.231 e. The Morgan fingerprint density at radius 3 is 2.77 bits per heavy atom. The summed E-state index contributed by atoms with van der Waals surface area (Å²) in [7, 11) is 0. The number of hydrogen-bond acceptors (Lipinski definition) is 2. The zero-order valence-electron chi connectivity index (χ0n) is 7.06. The van der Waals surface area contributed by atoms with Crippen molar-refractivity contribution in [1.82, 2.24) is 4.72 Å². The molecule has 72 valence electrons. The molecule has 0 aliphatic rings. The molecule has 0 aromatic heterocycles. The van der Waals surface area contributed by atoms with Crippen molar-refractivity contribution in [2.75, 3.05) is 12.3 Å². The molecule has 0 radical (unpaired) electrons. The van der Waals surface area contributed by atoms with Crippen LogP contribution >= 0.6 is 0 Å². The second-order valence-electron chi connectivity index (χ2n) is 2.59. The molecular weight excluding hydrogens is 188 g/mol. The zero-order chi connectivity index (χ0) is 9.68. The molecule has 0 saturated heterocycles. The first kappa shape index (κ1) is 10.2. The van der Waals surface area contributed by atoms with Gasteiger partial charge in [-0.25, -0.2) is 8.93 Å². The van der Waals surface area contributed by atoms with Crippen molar-refractivity contribution in [3.8, 4) is 0 Å². The van der Waals surface area contributed by atoms with Crippen LogP contribution in [0.2, 0.25) is 0 Å². The molecule has 0 fully saturated rings. The normalized spacial score (nSPS) is 12.7. The van der Waals surface area contributed by atoms with Crippen LogP contribution in [0.3, 0.4) is 0 Å². The van der Waals surface area contributed by atoms with Crippen molar-refractivity contribution in [2.24, 2.45) is 0 Å². The molecule has 1 rings (SSSR count). The molecule has 1 aromatic carbocycles. The molecule has 0 saturated carbocycles. The maximum Gasteiger partial charge on any atom is 0.231 e. The third kappa shape index (κ3) is 3.54. The Labute approximate surface area is 79.6 Å². The lowest BCUT2D eigenvalue weighted by molar-refractivity contribution is 0.549. The quantitative estimate of drug-likeness (QED) is 0.490. The number of nitrogen functional groups attached to an aromatic ring is 1. The van der Waals surface area contributed by atoms with Crippen LogP contribution < -0.4 is 10.5 Å². The monoisotopic (exact) mass is 200 g/mol. The van der Waals surface area contributed by atoms with E-state index in [-0.39, 0.29) is 0 Å². The maximum absolute atomic E-state index is 10.2. The van der Waals surface area contributed by atoms with Gasteiger partial charge >= 0.3 is 0 Å². The molecule has 4 N–H and O–H groups in total. The van der Waals surface area contributed by atoms with E-state index in [2.05, 4.69) is 4.72 Å². The summed E-state index contributed by atoms with van der Waals surface area (Å²) in [4.78, 5) is 0. The van der Waals surface area contributed by atoms with Crippen LogP contribution in [0.5, 0.6) is 0 Å². The fourth-order valence-electron chi connectivity index (χ4n) is 1.03. The highest BCUT2D eigenvalue weighted by Gasteiger charge is 1.97. The van der Waals surface area contributed by atoms with E-state index >= 15 is 0 Å². The SMILES string of the molecule is Nc1ccccc1CCNS(=O)O. The fraction of sp³-hybridized carbons (Fsp3) is 0.250. The van der Waals surface area contributed by atoms with Crippen LogP contribution in [0.25, 0.3) is 0 Å². The summed E-state index contributed by atoms with van der Waals surface area (Å²) in [5.41, 5.74) is 7.37. The third-order valence-electron chi connectivity index (χ3n) is 1.67. The number of benzene rings is 1. The summed E-state index contributed by atoms with van der Waals surface area (Å²) >= 11 is -1.94. The van der Waals surface area contributed by atoms with E-state index in [0.29, 0.717) is 18.7 Å². The zero-order valence-corrected chi connectivity index (χ0v) is 7.88. The molecule has 1 unspecified atom stereocenters. The molecule has 0 aliphatic carbocycles. The van der Waals surface area contributed by atoms with Gasteiger partial charge in [-0.3, -0.25) is 4.55 Å². The summed E-state index contributed by atoms with van der Waals surface area (Å²) in [6.07, 6.45) is 0.652. The van der Waals surface area contributed by atoms with E-state index in [1.54, 1.807) is 0 Å². The van der Waals surface area contributed by atoms with E-state index in [0.717, 1.165) is 5.56 Å². The minimum absolute atomic E-state index is 0.442. The van der Waals surface area contributed by atoms with Crippen LogP contribution in [-0.4, -0.2) is 15.3 Å². The lowest BCUT2D eigenvalue weighted by atomic mass is 10.1. The largest absolute Gasteiger partial charge is 0.399 e.